The number of nitrogens with one attached hydrogen (secondary N) is 1. The van der Waals surface area contributed by atoms with Gasteiger partial charge in [-0.3, -0.25) is 0 Å². The topological polar surface area (TPSA) is 79.5 Å². The molecule has 5 nitrogen and oxygen atoms in total. The van der Waals surface area contributed by atoms with E-state index < -0.39 is 10.0 Å². The maximum Gasteiger partial charge on any atom is 0.244 e. The van der Waals surface area contributed by atoms with Gasteiger partial charge in [0.1, 0.15) is 16.4 Å². The van der Waals surface area contributed by atoms with Gasteiger partial charge in [-0.05, 0) is 26.7 Å². The van der Waals surface area contributed by atoms with E-state index in [1.54, 1.807) is 13.8 Å². The first-order chi connectivity index (χ1) is 9.28. The highest BCUT2D eigenvalue weighted by Crippen LogP contribution is 2.27. The smallest absolute Gasteiger partial charge is 0.244 e. The Bertz CT molecular complexity index is 544. The second-order valence-electron chi connectivity index (χ2n) is 5.17. The minimum atomic E-state index is -3.68. The predicted octanol–water partition coefficient (Wildman–Crippen LogP) is 2.49. The van der Waals surface area contributed by atoms with Crippen molar-refractivity contribution in [1.82, 2.24) is 4.72 Å². The van der Waals surface area contributed by atoms with Gasteiger partial charge in [0.2, 0.25) is 10.0 Å². The van der Waals surface area contributed by atoms with Crippen molar-refractivity contribution in [2.24, 2.45) is 5.92 Å². The summed E-state index contributed by atoms with van der Waals surface area (Å²) in [7, 11) is -3.68. The fourth-order valence-corrected chi connectivity index (χ4v) is 4.39. The van der Waals surface area contributed by atoms with Gasteiger partial charge in [-0.2, -0.15) is 0 Å². The highest BCUT2D eigenvalue weighted by atomic mass is 32.2. The molecule has 1 aromatic heterocycles. The molecule has 1 atom stereocenters. The second kappa shape index (κ2) is 6.74. The molecule has 0 saturated heterocycles. The first kappa shape index (κ1) is 17.2. The lowest BCUT2D eigenvalue weighted by molar-refractivity contribution is 0.276. The Morgan fingerprint density at radius 3 is 2.20 bits per heavy atom. The first-order valence-corrected chi connectivity index (χ1v) is 8.48. The van der Waals surface area contributed by atoms with Crippen LogP contribution in [0.25, 0.3) is 0 Å². The normalized spacial score (nSPS) is 13.9. The average molecular weight is 303 g/mol. The molecule has 0 bridgehead atoms. The largest absolute Gasteiger partial charge is 0.465 e. The van der Waals surface area contributed by atoms with E-state index in [1.807, 2.05) is 20.8 Å². The van der Waals surface area contributed by atoms with Crippen LogP contribution in [0, 0.1) is 19.8 Å². The average Bonchev–Trinajstić information content (AvgIpc) is 2.64. The number of sulfonamides is 1. The summed E-state index contributed by atoms with van der Waals surface area (Å²) in [4.78, 5) is 0.0790. The van der Waals surface area contributed by atoms with E-state index in [4.69, 9.17) is 4.42 Å². The zero-order valence-electron chi connectivity index (χ0n) is 12.9. The molecule has 2 N–H and O–H groups in total. The molecule has 0 saturated carbocycles. The third-order valence-corrected chi connectivity index (χ3v) is 5.60. The molecule has 0 amide bonds. The van der Waals surface area contributed by atoms with Crippen LogP contribution in [-0.2, 0) is 16.6 Å². The number of rotatable bonds is 7. The Kier molecular flexibility index (Phi) is 5.79. The minimum Gasteiger partial charge on any atom is -0.465 e. The van der Waals surface area contributed by atoms with E-state index in [0.29, 0.717) is 17.1 Å². The van der Waals surface area contributed by atoms with Crippen molar-refractivity contribution >= 4 is 10.0 Å². The summed E-state index contributed by atoms with van der Waals surface area (Å²) in [5.41, 5.74) is 0.340. The van der Waals surface area contributed by atoms with Gasteiger partial charge in [0.25, 0.3) is 0 Å². The standard InChI is InChI=1S/C14H25NO4S/c1-6-12(7-2)9(3)15-20(17,18)14-11(5)19-10(4)13(14)8-16/h9,12,15-16H,6-8H2,1-5H3. The Morgan fingerprint density at radius 2 is 1.75 bits per heavy atom. The van der Waals surface area contributed by atoms with Gasteiger partial charge in [0, 0.05) is 11.6 Å². The second-order valence-corrected chi connectivity index (χ2v) is 6.82. The maximum atomic E-state index is 12.5. The van der Waals surface area contributed by atoms with E-state index in [2.05, 4.69) is 4.72 Å². The van der Waals surface area contributed by atoms with Gasteiger partial charge in [-0.1, -0.05) is 26.7 Å². The molecule has 0 aliphatic carbocycles. The minimum absolute atomic E-state index is 0.0790. The van der Waals surface area contributed by atoms with Crippen LogP contribution in [0.5, 0.6) is 0 Å². The molecule has 1 heterocycles. The molecule has 0 aromatic carbocycles. The fourth-order valence-electron chi connectivity index (χ4n) is 2.64. The zero-order chi connectivity index (χ0) is 15.5. The SMILES string of the molecule is CCC(CC)C(C)NS(=O)(=O)c1c(C)oc(C)c1CO. The Balaban J connectivity index is 3.12. The van der Waals surface area contributed by atoms with Gasteiger partial charge in [0.05, 0.1) is 6.61 Å². The predicted molar refractivity (Wildman–Crippen MR) is 78.0 cm³/mol. The number of hydrogen-bond donors (Lipinski definition) is 2. The van der Waals surface area contributed by atoms with Gasteiger partial charge in [-0.15, -0.1) is 0 Å². The van der Waals surface area contributed by atoms with Crippen LogP contribution in [0.15, 0.2) is 9.31 Å². The number of aliphatic hydroxyl groups excluding tert-OH is 1. The van der Waals surface area contributed by atoms with Crippen LogP contribution in [0.2, 0.25) is 0 Å². The molecule has 0 fully saturated rings. The summed E-state index contributed by atoms with van der Waals surface area (Å²) >= 11 is 0. The summed E-state index contributed by atoms with van der Waals surface area (Å²) in [5, 5.41) is 9.36. The van der Waals surface area contributed by atoms with Crippen molar-refractivity contribution in [3.05, 3.63) is 17.1 Å². The summed E-state index contributed by atoms with van der Waals surface area (Å²) in [5.74, 6) is 1.05. The molecule has 1 rings (SSSR count). The van der Waals surface area contributed by atoms with Crippen molar-refractivity contribution < 1.29 is 17.9 Å². The molecule has 20 heavy (non-hydrogen) atoms. The van der Waals surface area contributed by atoms with Crippen LogP contribution < -0.4 is 4.72 Å². The number of aryl methyl sites for hydroxylation is 2. The van der Waals surface area contributed by atoms with E-state index >= 15 is 0 Å². The number of aliphatic hydroxyl groups is 1. The lowest BCUT2D eigenvalue weighted by Crippen LogP contribution is -2.38. The third-order valence-electron chi connectivity index (χ3n) is 3.85. The summed E-state index contributed by atoms with van der Waals surface area (Å²) < 4.78 is 33.1. The first-order valence-electron chi connectivity index (χ1n) is 7.00. The highest BCUT2D eigenvalue weighted by Gasteiger charge is 2.29. The van der Waals surface area contributed by atoms with Crippen LogP contribution >= 0.6 is 0 Å². The molecule has 0 aliphatic heterocycles. The van der Waals surface area contributed by atoms with Crippen molar-refractivity contribution in [2.45, 2.75) is 65.0 Å². The molecule has 0 aliphatic rings. The van der Waals surface area contributed by atoms with Crippen LogP contribution in [0.1, 0.15) is 50.7 Å². The fraction of sp³-hybridized carbons (Fsp3) is 0.714. The Hall–Kier alpha value is -0.850. The van der Waals surface area contributed by atoms with Gasteiger partial charge in [-0.25, -0.2) is 13.1 Å². The molecule has 0 radical (unpaired) electrons. The monoisotopic (exact) mass is 303 g/mol. The third kappa shape index (κ3) is 3.42. The highest BCUT2D eigenvalue weighted by molar-refractivity contribution is 7.89. The van der Waals surface area contributed by atoms with Crippen LogP contribution in [0.4, 0.5) is 0 Å². The maximum absolute atomic E-state index is 12.5. The van der Waals surface area contributed by atoms with E-state index in [1.165, 1.54) is 0 Å². The summed E-state index contributed by atoms with van der Waals surface area (Å²) in [6.45, 7) is 8.87. The molecule has 0 spiro atoms. The van der Waals surface area contributed by atoms with Crippen LogP contribution in [0.3, 0.4) is 0 Å². The molecule has 1 unspecified atom stereocenters. The Morgan fingerprint density at radius 1 is 1.20 bits per heavy atom. The molecule has 1 aromatic rings. The molecular formula is C14H25NO4S. The molecule has 6 heteroatoms. The zero-order valence-corrected chi connectivity index (χ0v) is 13.7. The summed E-state index contributed by atoms with van der Waals surface area (Å²) in [6, 6.07) is -0.156. The van der Waals surface area contributed by atoms with Gasteiger partial charge < -0.3 is 9.52 Å². The van der Waals surface area contributed by atoms with Crippen molar-refractivity contribution in [3.63, 3.8) is 0 Å². The van der Waals surface area contributed by atoms with Crippen molar-refractivity contribution in [3.8, 4) is 0 Å². The van der Waals surface area contributed by atoms with Crippen molar-refractivity contribution in [2.75, 3.05) is 0 Å². The number of hydrogen-bond acceptors (Lipinski definition) is 4. The quantitative estimate of drug-likeness (QED) is 0.811. The number of furan rings is 1. The lowest BCUT2D eigenvalue weighted by atomic mass is 9.96. The lowest BCUT2D eigenvalue weighted by Gasteiger charge is -2.22. The molecular weight excluding hydrogens is 278 g/mol. The van der Waals surface area contributed by atoms with Gasteiger partial charge in [0.15, 0.2) is 0 Å². The van der Waals surface area contributed by atoms with Gasteiger partial charge >= 0.3 is 0 Å². The molecule has 116 valence electrons. The van der Waals surface area contributed by atoms with Crippen LogP contribution in [-0.4, -0.2) is 19.6 Å². The van der Waals surface area contributed by atoms with E-state index in [9.17, 15) is 13.5 Å². The van der Waals surface area contributed by atoms with E-state index in [-0.39, 0.29) is 23.5 Å². The summed E-state index contributed by atoms with van der Waals surface area (Å²) in [6.07, 6.45) is 1.83. The van der Waals surface area contributed by atoms with Crippen molar-refractivity contribution in [1.29, 1.82) is 0 Å². The van der Waals surface area contributed by atoms with E-state index in [0.717, 1.165) is 12.8 Å². The Labute approximate surface area is 121 Å².